The van der Waals surface area contributed by atoms with E-state index in [1.54, 1.807) is 7.11 Å². The van der Waals surface area contributed by atoms with Gasteiger partial charge in [-0.1, -0.05) is 12.1 Å². The summed E-state index contributed by atoms with van der Waals surface area (Å²) < 4.78 is 5.18. The standard InChI is InChI=1S/C15H24N2O/c1-12(17-9-3-4-14(17)11-16)10-13-5-7-15(18-2)8-6-13/h5-8,12,14H,3-4,9-11,16H2,1-2H3. The maximum absolute atomic E-state index is 5.84. The average molecular weight is 248 g/mol. The molecule has 2 atom stereocenters. The van der Waals surface area contributed by atoms with Crippen LogP contribution in [-0.2, 0) is 6.42 Å². The molecule has 1 fully saturated rings. The van der Waals surface area contributed by atoms with E-state index in [0.717, 1.165) is 18.7 Å². The van der Waals surface area contributed by atoms with Gasteiger partial charge in [0, 0.05) is 18.6 Å². The van der Waals surface area contributed by atoms with Crippen LogP contribution in [0.2, 0.25) is 0 Å². The van der Waals surface area contributed by atoms with E-state index in [4.69, 9.17) is 10.5 Å². The lowest BCUT2D eigenvalue weighted by molar-refractivity contribution is 0.194. The zero-order valence-corrected chi connectivity index (χ0v) is 11.4. The Labute approximate surface area is 110 Å². The molecule has 0 aliphatic carbocycles. The van der Waals surface area contributed by atoms with Crippen LogP contribution in [0.3, 0.4) is 0 Å². The van der Waals surface area contributed by atoms with E-state index in [0.29, 0.717) is 12.1 Å². The zero-order valence-electron chi connectivity index (χ0n) is 11.4. The number of hydrogen-bond acceptors (Lipinski definition) is 3. The Kier molecular flexibility index (Phi) is 4.61. The van der Waals surface area contributed by atoms with Crippen molar-refractivity contribution < 1.29 is 4.74 Å². The summed E-state index contributed by atoms with van der Waals surface area (Å²) in [5, 5.41) is 0. The smallest absolute Gasteiger partial charge is 0.118 e. The van der Waals surface area contributed by atoms with E-state index >= 15 is 0 Å². The van der Waals surface area contributed by atoms with Crippen LogP contribution in [0.25, 0.3) is 0 Å². The molecule has 0 amide bonds. The molecule has 3 nitrogen and oxygen atoms in total. The largest absolute Gasteiger partial charge is 0.497 e. The second-order valence-corrected chi connectivity index (χ2v) is 5.17. The van der Waals surface area contributed by atoms with E-state index in [9.17, 15) is 0 Å². The first-order valence-electron chi connectivity index (χ1n) is 6.83. The van der Waals surface area contributed by atoms with E-state index in [2.05, 4.69) is 24.0 Å². The van der Waals surface area contributed by atoms with Crippen LogP contribution < -0.4 is 10.5 Å². The van der Waals surface area contributed by atoms with Gasteiger partial charge in [0.25, 0.3) is 0 Å². The summed E-state index contributed by atoms with van der Waals surface area (Å²) in [4.78, 5) is 2.56. The van der Waals surface area contributed by atoms with Crippen molar-refractivity contribution in [3.8, 4) is 5.75 Å². The van der Waals surface area contributed by atoms with Gasteiger partial charge >= 0.3 is 0 Å². The highest BCUT2D eigenvalue weighted by molar-refractivity contribution is 5.27. The molecule has 2 N–H and O–H groups in total. The number of rotatable bonds is 5. The molecule has 2 unspecified atom stereocenters. The molecule has 1 heterocycles. The van der Waals surface area contributed by atoms with Gasteiger partial charge in [-0.05, 0) is 50.4 Å². The van der Waals surface area contributed by atoms with Crippen molar-refractivity contribution in [1.82, 2.24) is 4.90 Å². The Morgan fingerprint density at radius 3 is 2.72 bits per heavy atom. The van der Waals surface area contributed by atoms with Crippen molar-refractivity contribution in [2.75, 3.05) is 20.2 Å². The summed E-state index contributed by atoms with van der Waals surface area (Å²) in [5.74, 6) is 0.924. The van der Waals surface area contributed by atoms with Gasteiger partial charge in [0.1, 0.15) is 5.75 Å². The first-order chi connectivity index (χ1) is 8.74. The molecule has 1 aliphatic rings. The van der Waals surface area contributed by atoms with Crippen LogP contribution in [0.5, 0.6) is 5.75 Å². The zero-order chi connectivity index (χ0) is 13.0. The minimum atomic E-state index is 0.564. The highest BCUT2D eigenvalue weighted by Gasteiger charge is 2.27. The molecule has 1 aromatic carbocycles. The maximum atomic E-state index is 5.84. The monoisotopic (exact) mass is 248 g/mol. The number of ether oxygens (including phenoxy) is 1. The van der Waals surface area contributed by atoms with Crippen LogP contribution in [0, 0.1) is 0 Å². The van der Waals surface area contributed by atoms with Gasteiger partial charge in [0.15, 0.2) is 0 Å². The Morgan fingerprint density at radius 2 is 2.11 bits per heavy atom. The lowest BCUT2D eigenvalue weighted by Gasteiger charge is -2.30. The molecule has 0 bridgehead atoms. The minimum Gasteiger partial charge on any atom is -0.497 e. The lowest BCUT2D eigenvalue weighted by Crippen LogP contribution is -2.42. The second-order valence-electron chi connectivity index (χ2n) is 5.17. The summed E-state index contributed by atoms with van der Waals surface area (Å²) in [6.07, 6.45) is 3.62. The second kappa shape index (κ2) is 6.21. The summed E-state index contributed by atoms with van der Waals surface area (Å²) in [7, 11) is 1.70. The van der Waals surface area contributed by atoms with Crippen molar-refractivity contribution in [2.45, 2.75) is 38.3 Å². The summed E-state index contributed by atoms with van der Waals surface area (Å²) in [5.41, 5.74) is 7.20. The first kappa shape index (κ1) is 13.4. The third-order valence-corrected chi connectivity index (χ3v) is 3.95. The van der Waals surface area contributed by atoms with Crippen molar-refractivity contribution in [3.05, 3.63) is 29.8 Å². The Morgan fingerprint density at radius 1 is 1.39 bits per heavy atom. The predicted octanol–water partition coefficient (Wildman–Crippen LogP) is 2.05. The Bertz CT molecular complexity index is 363. The van der Waals surface area contributed by atoms with Gasteiger partial charge in [0.2, 0.25) is 0 Å². The quantitative estimate of drug-likeness (QED) is 0.866. The molecule has 0 spiro atoms. The number of nitrogens with zero attached hydrogens (tertiary/aromatic N) is 1. The molecule has 1 saturated heterocycles. The normalized spacial score (nSPS) is 22.1. The highest BCUT2D eigenvalue weighted by Crippen LogP contribution is 2.22. The molecule has 2 rings (SSSR count). The third-order valence-electron chi connectivity index (χ3n) is 3.95. The van der Waals surface area contributed by atoms with Gasteiger partial charge < -0.3 is 10.5 Å². The lowest BCUT2D eigenvalue weighted by atomic mass is 10.0. The molecule has 18 heavy (non-hydrogen) atoms. The van der Waals surface area contributed by atoms with E-state index < -0.39 is 0 Å². The van der Waals surface area contributed by atoms with Crippen molar-refractivity contribution in [2.24, 2.45) is 5.73 Å². The molecule has 3 heteroatoms. The summed E-state index contributed by atoms with van der Waals surface area (Å²) in [6, 6.07) is 9.53. The number of methoxy groups -OCH3 is 1. The Hall–Kier alpha value is -1.06. The molecule has 1 aromatic rings. The minimum absolute atomic E-state index is 0.564. The topological polar surface area (TPSA) is 38.5 Å². The van der Waals surface area contributed by atoms with Gasteiger partial charge in [0.05, 0.1) is 7.11 Å². The maximum Gasteiger partial charge on any atom is 0.118 e. The summed E-state index contributed by atoms with van der Waals surface area (Å²) >= 11 is 0. The number of benzene rings is 1. The van der Waals surface area contributed by atoms with Crippen LogP contribution in [0.1, 0.15) is 25.3 Å². The number of nitrogens with two attached hydrogens (primary N) is 1. The SMILES string of the molecule is COc1ccc(CC(C)N2CCCC2CN)cc1. The van der Waals surface area contributed by atoms with Crippen molar-refractivity contribution in [3.63, 3.8) is 0 Å². The molecular formula is C15H24N2O. The molecule has 1 aliphatic heterocycles. The highest BCUT2D eigenvalue weighted by atomic mass is 16.5. The van der Waals surface area contributed by atoms with E-state index in [-0.39, 0.29) is 0 Å². The van der Waals surface area contributed by atoms with Crippen molar-refractivity contribution in [1.29, 1.82) is 0 Å². The molecule has 100 valence electrons. The van der Waals surface area contributed by atoms with E-state index in [1.807, 2.05) is 12.1 Å². The van der Waals surface area contributed by atoms with Crippen LogP contribution in [0.15, 0.2) is 24.3 Å². The van der Waals surface area contributed by atoms with Gasteiger partial charge in [-0.2, -0.15) is 0 Å². The first-order valence-corrected chi connectivity index (χ1v) is 6.83. The van der Waals surface area contributed by atoms with Crippen LogP contribution in [-0.4, -0.2) is 37.2 Å². The fourth-order valence-electron chi connectivity index (χ4n) is 2.91. The van der Waals surface area contributed by atoms with Crippen LogP contribution >= 0.6 is 0 Å². The van der Waals surface area contributed by atoms with Crippen LogP contribution in [0.4, 0.5) is 0 Å². The molecular weight excluding hydrogens is 224 g/mol. The molecule has 0 radical (unpaired) electrons. The van der Waals surface area contributed by atoms with Crippen molar-refractivity contribution >= 4 is 0 Å². The number of hydrogen-bond donors (Lipinski definition) is 1. The molecule has 0 aromatic heterocycles. The number of likely N-dealkylation sites (tertiary alicyclic amines) is 1. The third kappa shape index (κ3) is 3.03. The Balaban J connectivity index is 1.95. The molecule has 0 saturated carbocycles. The fourth-order valence-corrected chi connectivity index (χ4v) is 2.91. The fraction of sp³-hybridized carbons (Fsp3) is 0.600. The van der Waals surface area contributed by atoms with Gasteiger partial charge in [-0.3, -0.25) is 4.90 Å². The summed E-state index contributed by atoms with van der Waals surface area (Å²) in [6.45, 7) is 4.28. The van der Waals surface area contributed by atoms with E-state index in [1.165, 1.54) is 24.9 Å². The predicted molar refractivity (Wildman–Crippen MR) is 74.9 cm³/mol. The van der Waals surface area contributed by atoms with Gasteiger partial charge in [-0.25, -0.2) is 0 Å². The van der Waals surface area contributed by atoms with Gasteiger partial charge in [-0.15, -0.1) is 0 Å². The average Bonchev–Trinajstić information content (AvgIpc) is 2.88.